The maximum absolute atomic E-state index is 11.6. The minimum atomic E-state index is -0.500. The van der Waals surface area contributed by atoms with E-state index in [2.05, 4.69) is 5.32 Å². The van der Waals surface area contributed by atoms with Crippen LogP contribution in [0.3, 0.4) is 0 Å². The first-order chi connectivity index (χ1) is 10.4. The summed E-state index contributed by atoms with van der Waals surface area (Å²) in [7, 11) is 1.39. The summed E-state index contributed by atoms with van der Waals surface area (Å²) >= 11 is 0. The van der Waals surface area contributed by atoms with Gasteiger partial charge >= 0.3 is 5.69 Å². The zero-order valence-electron chi connectivity index (χ0n) is 12.5. The van der Waals surface area contributed by atoms with Gasteiger partial charge in [-0.25, -0.2) is 0 Å². The molecular weight excluding hydrogens is 284 g/mol. The van der Waals surface area contributed by atoms with Gasteiger partial charge in [-0.15, -0.1) is 0 Å². The van der Waals surface area contributed by atoms with Crippen LogP contribution in [0.2, 0.25) is 0 Å². The molecule has 2 aromatic rings. The van der Waals surface area contributed by atoms with Crippen LogP contribution in [0.5, 0.6) is 5.75 Å². The van der Waals surface area contributed by atoms with Crippen LogP contribution in [0.15, 0.2) is 36.4 Å². The molecule has 0 radical (unpaired) electrons. The number of anilines is 2. The van der Waals surface area contributed by atoms with Crippen LogP contribution in [-0.2, 0) is 0 Å². The third-order valence-corrected chi connectivity index (χ3v) is 3.30. The number of aryl methyl sites for hydroxylation is 1. The Balaban J connectivity index is 2.48. The molecule has 2 aromatic carbocycles. The summed E-state index contributed by atoms with van der Waals surface area (Å²) in [6.07, 6.45) is 0. The van der Waals surface area contributed by atoms with Crippen LogP contribution in [0.1, 0.15) is 22.8 Å². The van der Waals surface area contributed by atoms with Crippen molar-refractivity contribution in [2.24, 2.45) is 0 Å². The molecule has 0 amide bonds. The molecule has 6 nitrogen and oxygen atoms in total. The van der Waals surface area contributed by atoms with Crippen LogP contribution in [-0.4, -0.2) is 17.8 Å². The molecule has 0 aliphatic heterocycles. The molecule has 0 atom stereocenters. The van der Waals surface area contributed by atoms with Gasteiger partial charge < -0.3 is 10.1 Å². The van der Waals surface area contributed by atoms with Crippen LogP contribution >= 0.6 is 0 Å². The fourth-order valence-electron chi connectivity index (χ4n) is 2.16. The molecule has 0 unspecified atom stereocenters. The van der Waals surface area contributed by atoms with Crippen molar-refractivity contribution in [3.8, 4) is 5.75 Å². The van der Waals surface area contributed by atoms with E-state index in [4.69, 9.17) is 4.74 Å². The summed E-state index contributed by atoms with van der Waals surface area (Å²) in [4.78, 5) is 22.3. The molecule has 1 N–H and O–H groups in total. The van der Waals surface area contributed by atoms with E-state index >= 15 is 0 Å². The molecule has 0 aliphatic carbocycles. The van der Waals surface area contributed by atoms with Crippen LogP contribution < -0.4 is 10.1 Å². The average Bonchev–Trinajstić information content (AvgIpc) is 2.48. The Bertz CT molecular complexity index is 741. The van der Waals surface area contributed by atoms with Crippen molar-refractivity contribution < 1.29 is 14.5 Å². The Kier molecular flexibility index (Phi) is 4.41. The van der Waals surface area contributed by atoms with Gasteiger partial charge in [0.1, 0.15) is 0 Å². The predicted octanol–water partition coefficient (Wildman–Crippen LogP) is 3.86. The Hall–Kier alpha value is -2.89. The molecule has 0 fully saturated rings. The molecule has 0 spiro atoms. The SMILES string of the molecule is COc1cc(C)c(Nc2ccccc2C(C)=O)cc1[N+](=O)[O-]. The third kappa shape index (κ3) is 3.06. The van der Waals surface area contributed by atoms with Crippen molar-refractivity contribution >= 4 is 22.8 Å². The molecule has 0 aromatic heterocycles. The largest absolute Gasteiger partial charge is 0.490 e. The first-order valence-electron chi connectivity index (χ1n) is 6.64. The van der Waals surface area contributed by atoms with Gasteiger partial charge in [0.25, 0.3) is 0 Å². The Morgan fingerprint density at radius 2 is 1.91 bits per heavy atom. The van der Waals surface area contributed by atoms with Crippen molar-refractivity contribution in [3.63, 3.8) is 0 Å². The number of benzene rings is 2. The first kappa shape index (κ1) is 15.5. The maximum Gasteiger partial charge on any atom is 0.312 e. The number of Topliss-reactive ketones (excluding diaryl/α,β-unsaturated/α-hetero) is 1. The van der Waals surface area contributed by atoms with Gasteiger partial charge in [0, 0.05) is 23.0 Å². The summed E-state index contributed by atoms with van der Waals surface area (Å²) < 4.78 is 5.03. The van der Waals surface area contributed by atoms with Crippen LogP contribution in [0.4, 0.5) is 17.1 Å². The van der Waals surface area contributed by atoms with Gasteiger partial charge in [-0.2, -0.15) is 0 Å². The molecule has 6 heteroatoms. The number of hydrogen-bond acceptors (Lipinski definition) is 5. The average molecular weight is 300 g/mol. The fourth-order valence-corrected chi connectivity index (χ4v) is 2.16. The maximum atomic E-state index is 11.6. The monoisotopic (exact) mass is 300 g/mol. The number of nitrogens with one attached hydrogen (secondary N) is 1. The molecule has 22 heavy (non-hydrogen) atoms. The highest BCUT2D eigenvalue weighted by Crippen LogP contribution is 2.34. The number of rotatable bonds is 5. The van der Waals surface area contributed by atoms with E-state index in [1.54, 1.807) is 30.3 Å². The van der Waals surface area contributed by atoms with Crippen molar-refractivity contribution in [2.75, 3.05) is 12.4 Å². The number of para-hydroxylation sites is 1. The molecule has 2 rings (SSSR count). The quantitative estimate of drug-likeness (QED) is 0.515. The summed E-state index contributed by atoms with van der Waals surface area (Å²) in [5.41, 5.74) is 2.34. The lowest BCUT2D eigenvalue weighted by atomic mass is 10.1. The van der Waals surface area contributed by atoms with Crippen LogP contribution in [0, 0.1) is 17.0 Å². The van der Waals surface area contributed by atoms with Gasteiger partial charge in [0.15, 0.2) is 11.5 Å². The number of methoxy groups -OCH3 is 1. The predicted molar refractivity (Wildman–Crippen MR) is 84.1 cm³/mol. The van der Waals surface area contributed by atoms with E-state index in [1.807, 2.05) is 6.92 Å². The van der Waals surface area contributed by atoms with E-state index in [9.17, 15) is 14.9 Å². The summed E-state index contributed by atoms with van der Waals surface area (Å²) in [6, 6.07) is 10.0. The van der Waals surface area contributed by atoms with Crippen molar-refractivity contribution in [1.29, 1.82) is 0 Å². The minimum Gasteiger partial charge on any atom is -0.490 e. The van der Waals surface area contributed by atoms with E-state index in [-0.39, 0.29) is 17.2 Å². The van der Waals surface area contributed by atoms with Crippen molar-refractivity contribution in [1.82, 2.24) is 0 Å². The smallest absolute Gasteiger partial charge is 0.312 e. The van der Waals surface area contributed by atoms with Gasteiger partial charge in [-0.05, 0) is 37.6 Å². The highest BCUT2D eigenvalue weighted by Gasteiger charge is 2.18. The molecule has 0 aliphatic rings. The third-order valence-electron chi connectivity index (χ3n) is 3.30. The second-order valence-electron chi connectivity index (χ2n) is 4.82. The fraction of sp³-hybridized carbons (Fsp3) is 0.188. The molecule has 0 saturated heterocycles. The van der Waals surface area contributed by atoms with E-state index in [0.29, 0.717) is 16.9 Å². The number of ketones is 1. The molecule has 0 saturated carbocycles. The Morgan fingerprint density at radius 1 is 1.23 bits per heavy atom. The highest BCUT2D eigenvalue weighted by atomic mass is 16.6. The topological polar surface area (TPSA) is 81.5 Å². The lowest BCUT2D eigenvalue weighted by Gasteiger charge is -2.13. The molecule has 0 heterocycles. The Labute approximate surface area is 127 Å². The number of carbonyl (C=O) groups is 1. The van der Waals surface area contributed by atoms with E-state index < -0.39 is 4.92 Å². The number of nitro benzene ring substituents is 1. The van der Waals surface area contributed by atoms with Crippen LogP contribution in [0.25, 0.3) is 0 Å². The van der Waals surface area contributed by atoms with E-state index in [0.717, 1.165) is 5.56 Å². The number of ether oxygens (including phenoxy) is 1. The van der Waals surface area contributed by atoms with Gasteiger partial charge in [-0.3, -0.25) is 14.9 Å². The standard InChI is InChI=1S/C16H16N2O4/c1-10-8-16(22-3)15(18(20)21)9-14(10)17-13-7-5-4-6-12(13)11(2)19/h4-9,17H,1-3H3. The number of nitrogens with zero attached hydrogens (tertiary/aromatic N) is 1. The second-order valence-corrected chi connectivity index (χ2v) is 4.82. The molecule has 114 valence electrons. The Morgan fingerprint density at radius 3 is 2.50 bits per heavy atom. The lowest BCUT2D eigenvalue weighted by molar-refractivity contribution is -0.385. The summed E-state index contributed by atoms with van der Waals surface area (Å²) in [6.45, 7) is 3.29. The lowest BCUT2D eigenvalue weighted by Crippen LogP contribution is -2.02. The highest BCUT2D eigenvalue weighted by molar-refractivity contribution is 6.00. The zero-order chi connectivity index (χ0) is 16.3. The van der Waals surface area contributed by atoms with Crippen molar-refractivity contribution in [3.05, 3.63) is 57.6 Å². The van der Waals surface area contributed by atoms with Gasteiger partial charge in [0.05, 0.1) is 12.0 Å². The number of hydrogen-bond donors (Lipinski definition) is 1. The van der Waals surface area contributed by atoms with E-state index in [1.165, 1.54) is 20.1 Å². The number of nitro groups is 1. The summed E-state index contributed by atoms with van der Waals surface area (Å²) in [5.74, 6) is 0.122. The molecule has 0 bridgehead atoms. The van der Waals surface area contributed by atoms with Crippen molar-refractivity contribution in [2.45, 2.75) is 13.8 Å². The van der Waals surface area contributed by atoms with Gasteiger partial charge in [-0.1, -0.05) is 12.1 Å². The molecular formula is C16H16N2O4. The zero-order valence-corrected chi connectivity index (χ0v) is 12.5. The number of carbonyl (C=O) groups excluding carboxylic acids is 1. The second kappa shape index (κ2) is 6.26. The van der Waals surface area contributed by atoms with Gasteiger partial charge in [0.2, 0.25) is 0 Å². The minimum absolute atomic E-state index is 0.0798. The normalized spacial score (nSPS) is 10.1. The summed E-state index contributed by atoms with van der Waals surface area (Å²) in [5, 5.41) is 14.2. The first-order valence-corrected chi connectivity index (χ1v) is 6.64.